The Morgan fingerprint density at radius 1 is 1.00 bits per heavy atom. The van der Waals surface area contributed by atoms with E-state index in [9.17, 15) is 0 Å². The van der Waals surface area contributed by atoms with Gasteiger partial charge < -0.3 is 4.74 Å². The standard InChI is InChI=1S/C20H22O/c1-2-8-19-13-17-11-6-7-12-18(17)14-20(19)21-15-16-9-4-3-5-10-16/h2-5,9-10,13-14H,1,6-8,11-12,15H2. The summed E-state index contributed by atoms with van der Waals surface area (Å²) in [6, 6.07) is 14.9. The van der Waals surface area contributed by atoms with Crippen LogP contribution in [0.1, 0.15) is 35.1 Å². The Bertz CT molecular complexity index is 613. The molecular formula is C20H22O. The predicted molar refractivity (Wildman–Crippen MR) is 87.8 cm³/mol. The number of allylic oxidation sites excluding steroid dienone is 1. The molecule has 0 radical (unpaired) electrons. The lowest BCUT2D eigenvalue weighted by atomic mass is 9.89. The molecule has 108 valence electrons. The van der Waals surface area contributed by atoms with Crippen LogP contribution in [0, 0.1) is 0 Å². The summed E-state index contributed by atoms with van der Waals surface area (Å²) in [4.78, 5) is 0. The SMILES string of the molecule is C=CCc1cc2c(cc1OCc1ccccc1)CCCC2. The lowest BCUT2D eigenvalue weighted by Crippen LogP contribution is -2.06. The maximum absolute atomic E-state index is 6.09. The topological polar surface area (TPSA) is 9.23 Å². The molecule has 0 fully saturated rings. The van der Waals surface area contributed by atoms with Crippen molar-refractivity contribution in [3.63, 3.8) is 0 Å². The summed E-state index contributed by atoms with van der Waals surface area (Å²) < 4.78 is 6.09. The molecule has 0 aliphatic heterocycles. The first-order chi connectivity index (χ1) is 10.4. The molecule has 3 rings (SSSR count). The summed E-state index contributed by atoms with van der Waals surface area (Å²) in [7, 11) is 0. The van der Waals surface area contributed by atoms with E-state index in [2.05, 4.69) is 43.0 Å². The van der Waals surface area contributed by atoms with Crippen molar-refractivity contribution in [2.75, 3.05) is 0 Å². The highest BCUT2D eigenvalue weighted by atomic mass is 16.5. The van der Waals surface area contributed by atoms with Crippen molar-refractivity contribution in [3.8, 4) is 5.75 Å². The van der Waals surface area contributed by atoms with Crippen molar-refractivity contribution in [1.29, 1.82) is 0 Å². The van der Waals surface area contributed by atoms with Crippen molar-refractivity contribution in [3.05, 3.63) is 77.4 Å². The number of rotatable bonds is 5. The largest absolute Gasteiger partial charge is 0.489 e. The molecule has 0 aromatic heterocycles. The average molecular weight is 278 g/mol. The molecule has 0 unspecified atom stereocenters. The van der Waals surface area contributed by atoms with Gasteiger partial charge in [-0.1, -0.05) is 42.5 Å². The minimum Gasteiger partial charge on any atom is -0.489 e. The number of hydrogen-bond donors (Lipinski definition) is 0. The molecule has 1 heteroatoms. The van der Waals surface area contributed by atoms with E-state index in [0.29, 0.717) is 6.61 Å². The van der Waals surface area contributed by atoms with Crippen molar-refractivity contribution < 1.29 is 4.74 Å². The van der Waals surface area contributed by atoms with Gasteiger partial charge in [-0.15, -0.1) is 6.58 Å². The molecule has 1 nitrogen and oxygen atoms in total. The minimum absolute atomic E-state index is 0.629. The third kappa shape index (κ3) is 3.36. The smallest absolute Gasteiger partial charge is 0.123 e. The average Bonchev–Trinajstić information content (AvgIpc) is 2.54. The summed E-state index contributed by atoms with van der Waals surface area (Å²) in [6.45, 7) is 4.50. The summed E-state index contributed by atoms with van der Waals surface area (Å²) in [5, 5.41) is 0. The van der Waals surface area contributed by atoms with Gasteiger partial charge in [-0.05, 0) is 60.4 Å². The molecule has 1 aliphatic carbocycles. The zero-order valence-corrected chi connectivity index (χ0v) is 12.5. The van der Waals surface area contributed by atoms with Gasteiger partial charge in [-0.3, -0.25) is 0 Å². The first kappa shape index (κ1) is 13.9. The Labute approximate surface area is 127 Å². The van der Waals surface area contributed by atoms with E-state index in [1.807, 2.05) is 12.1 Å². The second kappa shape index (κ2) is 6.62. The van der Waals surface area contributed by atoms with Crippen LogP contribution in [-0.2, 0) is 25.9 Å². The highest BCUT2D eigenvalue weighted by molar-refractivity contribution is 5.44. The van der Waals surface area contributed by atoms with Gasteiger partial charge in [0.15, 0.2) is 0 Å². The molecule has 0 bridgehead atoms. The van der Waals surface area contributed by atoms with E-state index in [1.165, 1.54) is 47.9 Å². The fourth-order valence-electron chi connectivity index (χ4n) is 3.00. The minimum atomic E-state index is 0.629. The highest BCUT2D eigenvalue weighted by Gasteiger charge is 2.13. The molecule has 2 aromatic carbocycles. The fraction of sp³-hybridized carbons (Fsp3) is 0.300. The van der Waals surface area contributed by atoms with Crippen molar-refractivity contribution >= 4 is 0 Å². The van der Waals surface area contributed by atoms with Crippen LogP contribution in [-0.4, -0.2) is 0 Å². The van der Waals surface area contributed by atoms with E-state index in [4.69, 9.17) is 4.74 Å². The maximum Gasteiger partial charge on any atom is 0.123 e. The van der Waals surface area contributed by atoms with Crippen LogP contribution in [0.3, 0.4) is 0 Å². The lowest BCUT2D eigenvalue weighted by molar-refractivity contribution is 0.303. The summed E-state index contributed by atoms with van der Waals surface area (Å²) in [5.41, 5.74) is 5.45. The van der Waals surface area contributed by atoms with E-state index < -0.39 is 0 Å². The van der Waals surface area contributed by atoms with Crippen molar-refractivity contribution in [2.24, 2.45) is 0 Å². The molecule has 2 aromatic rings. The molecule has 0 amide bonds. The molecule has 0 N–H and O–H groups in total. The van der Waals surface area contributed by atoms with Crippen LogP contribution < -0.4 is 4.74 Å². The van der Waals surface area contributed by atoms with E-state index >= 15 is 0 Å². The normalized spacial score (nSPS) is 13.5. The molecule has 1 aliphatic rings. The van der Waals surface area contributed by atoms with E-state index in [0.717, 1.165) is 12.2 Å². The van der Waals surface area contributed by atoms with Gasteiger partial charge in [0.2, 0.25) is 0 Å². The maximum atomic E-state index is 6.09. The Hall–Kier alpha value is -2.02. The van der Waals surface area contributed by atoms with Crippen molar-refractivity contribution in [2.45, 2.75) is 38.7 Å². The van der Waals surface area contributed by atoms with Crippen LogP contribution in [0.15, 0.2) is 55.1 Å². The predicted octanol–water partition coefficient (Wildman–Crippen LogP) is 4.87. The number of hydrogen-bond acceptors (Lipinski definition) is 1. The van der Waals surface area contributed by atoms with Crippen LogP contribution >= 0.6 is 0 Å². The lowest BCUT2D eigenvalue weighted by Gasteiger charge is -2.20. The van der Waals surface area contributed by atoms with Crippen molar-refractivity contribution in [1.82, 2.24) is 0 Å². The second-order valence-electron chi connectivity index (χ2n) is 5.70. The molecule has 0 heterocycles. The fourth-order valence-corrected chi connectivity index (χ4v) is 3.00. The zero-order chi connectivity index (χ0) is 14.5. The van der Waals surface area contributed by atoms with Gasteiger partial charge in [-0.2, -0.15) is 0 Å². The first-order valence-electron chi connectivity index (χ1n) is 7.79. The summed E-state index contributed by atoms with van der Waals surface area (Å²) >= 11 is 0. The quantitative estimate of drug-likeness (QED) is 0.709. The highest BCUT2D eigenvalue weighted by Crippen LogP contribution is 2.30. The summed E-state index contributed by atoms with van der Waals surface area (Å²) in [5.74, 6) is 1.03. The van der Waals surface area contributed by atoms with Crippen LogP contribution in [0.5, 0.6) is 5.75 Å². The second-order valence-corrected chi connectivity index (χ2v) is 5.70. The molecular weight excluding hydrogens is 256 g/mol. The van der Waals surface area contributed by atoms with E-state index in [1.54, 1.807) is 0 Å². The summed E-state index contributed by atoms with van der Waals surface area (Å²) in [6.07, 6.45) is 7.83. The van der Waals surface area contributed by atoms with Crippen LogP contribution in [0.2, 0.25) is 0 Å². The molecule has 0 saturated heterocycles. The van der Waals surface area contributed by atoms with Gasteiger partial charge in [-0.25, -0.2) is 0 Å². The number of ether oxygens (including phenoxy) is 1. The van der Waals surface area contributed by atoms with Gasteiger partial charge in [0.1, 0.15) is 12.4 Å². The monoisotopic (exact) mass is 278 g/mol. The third-order valence-electron chi connectivity index (χ3n) is 4.13. The Morgan fingerprint density at radius 2 is 1.71 bits per heavy atom. The Kier molecular flexibility index (Phi) is 4.40. The molecule has 0 atom stereocenters. The number of fused-ring (bicyclic) bond motifs is 1. The van der Waals surface area contributed by atoms with E-state index in [-0.39, 0.29) is 0 Å². The van der Waals surface area contributed by atoms with Crippen LogP contribution in [0.25, 0.3) is 0 Å². The van der Waals surface area contributed by atoms with Crippen LogP contribution in [0.4, 0.5) is 0 Å². The molecule has 21 heavy (non-hydrogen) atoms. The Balaban J connectivity index is 1.83. The van der Waals surface area contributed by atoms with Gasteiger partial charge in [0, 0.05) is 0 Å². The zero-order valence-electron chi connectivity index (χ0n) is 12.5. The first-order valence-corrected chi connectivity index (χ1v) is 7.79. The number of benzene rings is 2. The molecule has 0 spiro atoms. The van der Waals surface area contributed by atoms with Gasteiger partial charge >= 0.3 is 0 Å². The van der Waals surface area contributed by atoms with Gasteiger partial charge in [0.25, 0.3) is 0 Å². The molecule has 0 saturated carbocycles. The third-order valence-corrected chi connectivity index (χ3v) is 4.13. The number of aryl methyl sites for hydroxylation is 2. The van der Waals surface area contributed by atoms with Gasteiger partial charge in [0.05, 0.1) is 0 Å². The Morgan fingerprint density at radius 3 is 2.43 bits per heavy atom.